The van der Waals surface area contributed by atoms with Gasteiger partial charge in [-0.15, -0.1) is 0 Å². The van der Waals surface area contributed by atoms with E-state index in [1.165, 1.54) is 6.42 Å². The highest BCUT2D eigenvalue weighted by Crippen LogP contribution is 2.21. The lowest BCUT2D eigenvalue weighted by molar-refractivity contribution is 0.0755. The molecule has 1 aliphatic heterocycles. The SMILES string of the molecule is C=C(C)N1CCC[C@H]([C@H](C)O)C1. The van der Waals surface area contributed by atoms with Gasteiger partial charge in [-0.1, -0.05) is 6.58 Å². The van der Waals surface area contributed by atoms with E-state index in [9.17, 15) is 5.11 Å². The van der Waals surface area contributed by atoms with Gasteiger partial charge in [-0.3, -0.25) is 0 Å². The van der Waals surface area contributed by atoms with Crippen LogP contribution in [0.15, 0.2) is 12.3 Å². The molecule has 2 nitrogen and oxygen atoms in total. The molecule has 0 aromatic rings. The molecule has 0 aromatic heterocycles. The molecule has 2 atom stereocenters. The van der Waals surface area contributed by atoms with Crippen molar-refractivity contribution in [3.05, 3.63) is 12.3 Å². The maximum Gasteiger partial charge on any atom is 0.0557 e. The summed E-state index contributed by atoms with van der Waals surface area (Å²) >= 11 is 0. The third-order valence-electron chi connectivity index (χ3n) is 2.68. The Balaban J connectivity index is 2.46. The largest absolute Gasteiger partial charge is 0.393 e. The minimum atomic E-state index is -0.174. The predicted octanol–water partition coefficient (Wildman–Crippen LogP) is 1.61. The van der Waals surface area contributed by atoms with Crippen molar-refractivity contribution < 1.29 is 5.11 Å². The van der Waals surface area contributed by atoms with Gasteiger partial charge in [0, 0.05) is 24.7 Å². The van der Waals surface area contributed by atoms with Gasteiger partial charge in [0.15, 0.2) is 0 Å². The van der Waals surface area contributed by atoms with Crippen LogP contribution in [-0.2, 0) is 0 Å². The monoisotopic (exact) mass is 169 g/mol. The minimum Gasteiger partial charge on any atom is -0.393 e. The molecule has 1 saturated heterocycles. The van der Waals surface area contributed by atoms with Crippen molar-refractivity contribution in [3.63, 3.8) is 0 Å². The first-order valence-corrected chi connectivity index (χ1v) is 4.69. The Labute approximate surface area is 74.9 Å². The number of piperidine rings is 1. The van der Waals surface area contributed by atoms with Crippen LogP contribution in [-0.4, -0.2) is 29.2 Å². The van der Waals surface area contributed by atoms with Crippen molar-refractivity contribution in [2.45, 2.75) is 32.8 Å². The van der Waals surface area contributed by atoms with Crippen LogP contribution in [0.25, 0.3) is 0 Å². The van der Waals surface area contributed by atoms with Gasteiger partial charge in [-0.05, 0) is 26.7 Å². The molecule has 0 saturated carbocycles. The number of likely N-dealkylation sites (tertiary alicyclic amines) is 1. The molecule has 1 aliphatic rings. The maximum absolute atomic E-state index is 9.42. The normalized spacial score (nSPS) is 26.9. The molecule has 12 heavy (non-hydrogen) atoms. The van der Waals surface area contributed by atoms with Crippen molar-refractivity contribution in [2.75, 3.05) is 13.1 Å². The first kappa shape index (κ1) is 9.59. The predicted molar refractivity (Wildman–Crippen MR) is 50.8 cm³/mol. The highest BCUT2D eigenvalue weighted by molar-refractivity contribution is 4.92. The smallest absolute Gasteiger partial charge is 0.0557 e. The van der Waals surface area contributed by atoms with Crippen LogP contribution in [0.4, 0.5) is 0 Å². The molecule has 1 fully saturated rings. The molecule has 1 N–H and O–H groups in total. The molecular formula is C10H19NO. The van der Waals surface area contributed by atoms with Gasteiger partial charge in [-0.2, -0.15) is 0 Å². The summed E-state index contributed by atoms with van der Waals surface area (Å²) in [5.74, 6) is 0.440. The average Bonchev–Trinajstić information content (AvgIpc) is 2.04. The summed E-state index contributed by atoms with van der Waals surface area (Å²) in [5.41, 5.74) is 1.13. The van der Waals surface area contributed by atoms with Crippen LogP contribution in [0.5, 0.6) is 0 Å². The Morgan fingerprint density at radius 2 is 2.33 bits per heavy atom. The molecule has 70 valence electrons. The molecule has 0 aliphatic carbocycles. The summed E-state index contributed by atoms with van der Waals surface area (Å²) < 4.78 is 0. The molecular weight excluding hydrogens is 150 g/mol. The van der Waals surface area contributed by atoms with Crippen LogP contribution < -0.4 is 0 Å². The van der Waals surface area contributed by atoms with Crippen LogP contribution in [0.2, 0.25) is 0 Å². The van der Waals surface area contributed by atoms with Crippen molar-refractivity contribution in [1.82, 2.24) is 4.90 Å². The fourth-order valence-corrected chi connectivity index (χ4v) is 1.75. The fourth-order valence-electron chi connectivity index (χ4n) is 1.75. The minimum absolute atomic E-state index is 0.174. The summed E-state index contributed by atoms with van der Waals surface area (Å²) in [6.07, 6.45) is 2.16. The number of hydrogen-bond acceptors (Lipinski definition) is 2. The van der Waals surface area contributed by atoms with E-state index < -0.39 is 0 Å². The Bertz CT molecular complexity index is 165. The summed E-state index contributed by atoms with van der Waals surface area (Å²) in [5, 5.41) is 9.42. The Hall–Kier alpha value is -0.500. The lowest BCUT2D eigenvalue weighted by Crippen LogP contribution is -2.38. The number of rotatable bonds is 2. The van der Waals surface area contributed by atoms with Crippen molar-refractivity contribution >= 4 is 0 Å². The Kier molecular flexibility index (Phi) is 3.15. The third-order valence-corrected chi connectivity index (χ3v) is 2.68. The van der Waals surface area contributed by atoms with Gasteiger partial charge in [-0.25, -0.2) is 0 Å². The van der Waals surface area contributed by atoms with Gasteiger partial charge in [0.1, 0.15) is 0 Å². The lowest BCUT2D eigenvalue weighted by atomic mass is 9.93. The standard InChI is InChI=1S/C10H19NO/c1-8(2)11-6-4-5-10(7-11)9(3)12/h9-10,12H,1,4-7H2,2-3H3/t9-,10-/m0/s1. The number of aliphatic hydroxyl groups excluding tert-OH is 1. The fraction of sp³-hybridized carbons (Fsp3) is 0.800. The van der Waals surface area contributed by atoms with Gasteiger partial charge >= 0.3 is 0 Å². The molecule has 0 aromatic carbocycles. The van der Waals surface area contributed by atoms with E-state index in [-0.39, 0.29) is 6.10 Å². The highest BCUT2D eigenvalue weighted by atomic mass is 16.3. The second-order valence-corrected chi connectivity index (χ2v) is 3.82. The summed E-state index contributed by atoms with van der Waals surface area (Å²) in [4.78, 5) is 2.26. The van der Waals surface area contributed by atoms with Crippen LogP contribution >= 0.6 is 0 Å². The van der Waals surface area contributed by atoms with Crippen LogP contribution in [0.1, 0.15) is 26.7 Å². The zero-order valence-electron chi connectivity index (χ0n) is 8.08. The molecule has 1 heterocycles. The van der Waals surface area contributed by atoms with Crippen molar-refractivity contribution in [1.29, 1.82) is 0 Å². The summed E-state index contributed by atoms with van der Waals surface area (Å²) in [6.45, 7) is 9.92. The van der Waals surface area contributed by atoms with E-state index in [1.54, 1.807) is 0 Å². The second-order valence-electron chi connectivity index (χ2n) is 3.82. The van der Waals surface area contributed by atoms with E-state index in [1.807, 2.05) is 13.8 Å². The first-order chi connectivity index (χ1) is 5.61. The number of nitrogens with zero attached hydrogens (tertiary/aromatic N) is 1. The van der Waals surface area contributed by atoms with Crippen LogP contribution in [0, 0.1) is 5.92 Å². The molecule has 0 spiro atoms. The first-order valence-electron chi connectivity index (χ1n) is 4.69. The van der Waals surface area contributed by atoms with E-state index in [0.29, 0.717) is 5.92 Å². The average molecular weight is 169 g/mol. The van der Waals surface area contributed by atoms with E-state index in [2.05, 4.69) is 11.5 Å². The zero-order chi connectivity index (χ0) is 9.14. The Morgan fingerprint density at radius 1 is 1.67 bits per heavy atom. The van der Waals surface area contributed by atoms with Gasteiger partial charge in [0.05, 0.1) is 6.10 Å². The van der Waals surface area contributed by atoms with Crippen molar-refractivity contribution in [3.8, 4) is 0 Å². The molecule has 0 amide bonds. The highest BCUT2D eigenvalue weighted by Gasteiger charge is 2.22. The molecule has 0 bridgehead atoms. The van der Waals surface area contributed by atoms with Crippen LogP contribution in [0.3, 0.4) is 0 Å². The van der Waals surface area contributed by atoms with E-state index in [4.69, 9.17) is 0 Å². The molecule has 2 heteroatoms. The Morgan fingerprint density at radius 3 is 2.83 bits per heavy atom. The zero-order valence-corrected chi connectivity index (χ0v) is 8.08. The number of hydrogen-bond donors (Lipinski definition) is 1. The molecule has 0 radical (unpaired) electrons. The topological polar surface area (TPSA) is 23.5 Å². The summed E-state index contributed by atoms with van der Waals surface area (Å²) in [7, 11) is 0. The quantitative estimate of drug-likeness (QED) is 0.679. The van der Waals surface area contributed by atoms with E-state index >= 15 is 0 Å². The number of allylic oxidation sites excluding steroid dienone is 1. The lowest BCUT2D eigenvalue weighted by Gasteiger charge is -2.35. The second kappa shape index (κ2) is 3.94. The molecule has 0 unspecified atom stereocenters. The third kappa shape index (κ3) is 2.24. The van der Waals surface area contributed by atoms with Gasteiger partial charge < -0.3 is 10.0 Å². The van der Waals surface area contributed by atoms with Crippen molar-refractivity contribution in [2.24, 2.45) is 5.92 Å². The number of aliphatic hydroxyl groups is 1. The van der Waals surface area contributed by atoms with Gasteiger partial charge in [0.2, 0.25) is 0 Å². The van der Waals surface area contributed by atoms with E-state index in [0.717, 1.165) is 25.2 Å². The molecule has 1 rings (SSSR count). The van der Waals surface area contributed by atoms with Gasteiger partial charge in [0.25, 0.3) is 0 Å². The summed E-state index contributed by atoms with van der Waals surface area (Å²) in [6, 6.07) is 0. The maximum atomic E-state index is 9.42.